The van der Waals surface area contributed by atoms with Crippen LogP contribution in [-0.2, 0) is 35.0 Å². The van der Waals surface area contributed by atoms with Crippen LogP contribution in [0, 0.1) is 0 Å². The first-order chi connectivity index (χ1) is 6.24. The summed E-state index contributed by atoms with van der Waals surface area (Å²) in [6.45, 7) is 7.85. The molecule has 0 bridgehead atoms. The molecule has 1 aliphatic heterocycles. The zero-order valence-corrected chi connectivity index (χ0v) is 13.9. The van der Waals surface area contributed by atoms with Crippen molar-refractivity contribution < 1.29 is 22.4 Å². The van der Waals surface area contributed by atoms with Gasteiger partial charge < -0.3 is 17.6 Å². The second-order valence-corrected chi connectivity index (χ2v) is 8.16. The van der Waals surface area contributed by atoms with Gasteiger partial charge in [0.2, 0.25) is 0 Å². The minimum atomic E-state index is 0. The van der Waals surface area contributed by atoms with Crippen molar-refractivity contribution in [2.45, 2.75) is 20.8 Å². The molecule has 0 amide bonds. The Labute approximate surface area is 115 Å². The SMILES string of the molecule is CC[PH+](CC)CC.[Au+].[S-]C1=NCCS1. The van der Waals surface area contributed by atoms with Crippen LogP contribution < -0.4 is 0 Å². The maximum absolute atomic E-state index is 4.72. The van der Waals surface area contributed by atoms with Crippen molar-refractivity contribution in [3.8, 4) is 0 Å². The Hall–Kier alpha value is 1.41. The van der Waals surface area contributed by atoms with E-state index < -0.39 is 0 Å². The fraction of sp³-hybridized carbons (Fsp3) is 0.889. The van der Waals surface area contributed by atoms with Crippen LogP contribution in [0.5, 0.6) is 0 Å². The van der Waals surface area contributed by atoms with Crippen molar-refractivity contribution in [3.05, 3.63) is 0 Å². The van der Waals surface area contributed by atoms with Gasteiger partial charge in [-0.25, -0.2) is 0 Å². The Kier molecular flexibility index (Phi) is 15.9. The van der Waals surface area contributed by atoms with Gasteiger partial charge >= 0.3 is 22.4 Å². The summed E-state index contributed by atoms with van der Waals surface area (Å²) in [4.78, 5) is 3.93. The third-order valence-electron chi connectivity index (χ3n) is 2.06. The van der Waals surface area contributed by atoms with Gasteiger partial charge in [0.15, 0.2) is 0 Å². The summed E-state index contributed by atoms with van der Waals surface area (Å²) < 4.78 is 0.829. The predicted molar refractivity (Wildman–Crippen MR) is 72.1 cm³/mol. The molecule has 88 valence electrons. The van der Waals surface area contributed by atoms with E-state index in [2.05, 4.69) is 25.8 Å². The van der Waals surface area contributed by atoms with E-state index in [1.165, 1.54) is 18.5 Å². The van der Waals surface area contributed by atoms with E-state index in [1.54, 1.807) is 11.8 Å². The predicted octanol–water partition coefficient (Wildman–Crippen LogP) is 2.89. The van der Waals surface area contributed by atoms with Crippen molar-refractivity contribution in [2.24, 2.45) is 4.99 Å². The van der Waals surface area contributed by atoms with Crippen molar-refractivity contribution in [3.63, 3.8) is 0 Å². The Morgan fingerprint density at radius 3 is 1.86 bits per heavy atom. The van der Waals surface area contributed by atoms with Crippen molar-refractivity contribution in [1.82, 2.24) is 0 Å². The monoisotopic (exact) mass is 434 g/mol. The topological polar surface area (TPSA) is 12.4 Å². The van der Waals surface area contributed by atoms with Gasteiger partial charge in [0.25, 0.3) is 0 Å². The summed E-state index contributed by atoms with van der Waals surface area (Å²) in [6.07, 6.45) is 4.37. The van der Waals surface area contributed by atoms with Gasteiger partial charge in [0.1, 0.15) is 0 Å². The molecule has 0 saturated carbocycles. The van der Waals surface area contributed by atoms with Gasteiger partial charge in [-0.15, -0.1) is 11.8 Å². The first-order valence-corrected chi connectivity index (χ1v) is 8.43. The summed E-state index contributed by atoms with van der Waals surface area (Å²) in [7, 11) is 0.137. The average Bonchev–Trinajstić information content (AvgIpc) is 2.60. The molecule has 1 aliphatic rings. The minimum absolute atomic E-state index is 0. The fourth-order valence-corrected chi connectivity index (χ4v) is 3.45. The molecule has 0 atom stereocenters. The summed E-state index contributed by atoms with van der Waals surface area (Å²) >= 11 is 6.38. The molecular formula is C9H20AuNPS2+. The number of thioether (sulfide) groups is 1. The van der Waals surface area contributed by atoms with Crippen molar-refractivity contribution >= 4 is 36.7 Å². The minimum Gasteiger partial charge on any atom is -0.754 e. The molecule has 0 N–H and O–H groups in total. The Bertz CT molecular complexity index is 146. The number of hydrogen-bond donors (Lipinski definition) is 0. The van der Waals surface area contributed by atoms with E-state index in [4.69, 9.17) is 12.6 Å². The van der Waals surface area contributed by atoms with Crippen molar-refractivity contribution in [1.29, 1.82) is 0 Å². The van der Waals surface area contributed by atoms with Gasteiger partial charge in [-0.2, -0.15) is 0 Å². The van der Waals surface area contributed by atoms with Gasteiger partial charge in [0, 0.05) is 12.3 Å². The van der Waals surface area contributed by atoms with Crippen LogP contribution in [0.2, 0.25) is 0 Å². The number of rotatable bonds is 3. The molecule has 1 nitrogen and oxygen atoms in total. The Morgan fingerprint density at radius 2 is 1.79 bits per heavy atom. The van der Waals surface area contributed by atoms with Gasteiger partial charge in [0.05, 0.1) is 18.5 Å². The van der Waals surface area contributed by atoms with Crippen LogP contribution in [0.15, 0.2) is 4.99 Å². The smallest absolute Gasteiger partial charge is 0.754 e. The molecule has 0 saturated heterocycles. The van der Waals surface area contributed by atoms with Gasteiger partial charge in [-0.3, -0.25) is 0 Å². The molecule has 0 aromatic rings. The van der Waals surface area contributed by atoms with Crippen LogP contribution in [0.25, 0.3) is 0 Å². The molecule has 5 heteroatoms. The summed E-state index contributed by atoms with van der Waals surface area (Å²) in [5, 5.41) is 0. The molecule has 0 spiro atoms. The second kappa shape index (κ2) is 12.5. The van der Waals surface area contributed by atoms with E-state index in [1.807, 2.05) is 0 Å². The van der Waals surface area contributed by atoms with Crippen LogP contribution in [0.1, 0.15) is 20.8 Å². The average molecular weight is 434 g/mol. The van der Waals surface area contributed by atoms with Gasteiger partial charge in [-0.1, -0.05) is 4.38 Å². The zero-order valence-electron chi connectivity index (χ0n) is 9.10. The van der Waals surface area contributed by atoms with Gasteiger partial charge in [-0.05, 0) is 28.7 Å². The maximum atomic E-state index is 4.72. The Morgan fingerprint density at radius 1 is 1.29 bits per heavy atom. The van der Waals surface area contributed by atoms with E-state index in [9.17, 15) is 0 Å². The molecular weight excluding hydrogens is 414 g/mol. The third-order valence-corrected chi connectivity index (χ3v) is 6.30. The van der Waals surface area contributed by atoms with E-state index >= 15 is 0 Å². The molecule has 0 unspecified atom stereocenters. The zero-order chi connectivity index (χ0) is 10.1. The first-order valence-electron chi connectivity index (χ1n) is 4.92. The molecule has 0 aromatic carbocycles. The summed E-state index contributed by atoms with van der Waals surface area (Å²) in [5.41, 5.74) is 0. The standard InChI is InChI=1S/C6H15P.C3H5NS2.Au/c1-4-7(5-2)6-3;5-3-4-1-2-6-3;/h4-6H2,1-3H3;1-2H2,(H,4,5);/q;;+1. The van der Waals surface area contributed by atoms with Crippen LogP contribution >= 0.6 is 19.7 Å². The molecule has 1 heterocycles. The van der Waals surface area contributed by atoms with Crippen LogP contribution in [0.4, 0.5) is 0 Å². The normalized spacial score (nSPS) is 14.1. The van der Waals surface area contributed by atoms with E-state index in [0.717, 1.165) is 16.7 Å². The fourth-order valence-electron chi connectivity index (χ4n) is 1.07. The largest absolute Gasteiger partial charge is 1.00 e. The maximum Gasteiger partial charge on any atom is 1.00 e. The number of hydrogen-bond acceptors (Lipinski definition) is 3. The molecule has 0 aliphatic carbocycles. The molecule has 0 aromatic heterocycles. The molecule has 1 rings (SSSR count). The van der Waals surface area contributed by atoms with E-state index in [-0.39, 0.29) is 30.3 Å². The molecule has 0 fully saturated rings. The quantitative estimate of drug-likeness (QED) is 0.385. The van der Waals surface area contributed by atoms with E-state index in [0.29, 0.717) is 0 Å². The third kappa shape index (κ3) is 9.95. The van der Waals surface area contributed by atoms with Crippen molar-refractivity contribution in [2.75, 3.05) is 30.8 Å². The number of nitrogens with zero attached hydrogens (tertiary/aromatic N) is 1. The summed E-state index contributed by atoms with van der Waals surface area (Å²) in [5.74, 6) is 1.10. The molecule has 0 radical (unpaired) electrons. The summed E-state index contributed by atoms with van der Waals surface area (Å²) in [6, 6.07) is 0. The second-order valence-electron chi connectivity index (χ2n) is 2.81. The number of aliphatic imine (C=N–C) groups is 1. The first kappa shape index (κ1) is 17.8. The Balaban J connectivity index is 0. The molecule has 14 heavy (non-hydrogen) atoms. The van der Waals surface area contributed by atoms with Crippen LogP contribution in [-0.4, -0.2) is 35.2 Å². The van der Waals surface area contributed by atoms with Crippen LogP contribution in [0.3, 0.4) is 0 Å².